The Bertz CT molecular complexity index is 774. The van der Waals surface area contributed by atoms with Crippen LogP contribution in [0.25, 0.3) is 0 Å². The Labute approximate surface area is 171 Å². The number of anilines is 1. The summed E-state index contributed by atoms with van der Waals surface area (Å²) in [6, 6.07) is 4.23. The Morgan fingerprint density at radius 2 is 2.00 bits per heavy atom. The van der Waals surface area contributed by atoms with Crippen molar-refractivity contribution in [3.63, 3.8) is 0 Å². The lowest BCUT2D eigenvalue weighted by molar-refractivity contribution is 0.312. The van der Waals surface area contributed by atoms with Crippen molar-refractivity contribution in [3.8, 4) is 0 Å². The molecule has 0 spiro atoms. The zero-order valence-electron chi connectivity index (χ0n) is 17.3. The molecule has 0 amide bonds. The summed E-state index contributed by atoms with van der Waals surface area (Å²) in [5.41, 5.74) is 2.34. The second-order valence-electron chi connectivity index (χ2n) is 7.16. The van der Waals surface area contributed by atoms with E-state index in [1.807, 2.05) is 6.20 Å². The molecule has 0 atom stereocenters. The summed E-state index contributed by atoms with van der Waals surface area (Å²) in [4.78, 5) is 19.5. The van der Waals surface area contributed by atoms with E-state index in [1.54, 1.807) is 18.4 Å². The average Bonchev–Trinajstić information content (AvgIpc) is 3.02. The van der Waals surface area contributed by atoms with Crippen LogP contribution < -0.4 is 15.5 Å². The van der Waals surface area contributed by atoms with Gasteiger partial charge in [-0.15, -0.1) is 11.3 Å². The molecule has 1 aliphatic heterocycles. The fourth-order valence-corrected chi connectivity index (χ4v) is 4.05. The molecule has 8 heteroatoms. The summed E-state index contributed by atoms with van der Waals surface area (Å²) in [5, 5.41) is 7.94. The highest BCUT2D eigenvalue weighted by molar-refractivity contribution is 7.11. The van der Waals surface area contributed by atoms with Gasteiger partial charge in [-0.25, -0.2) is 9.97 Å². The number of aryl methyl sites for hydroxylation is 2. The van der Waals surface area contributed by atoms with Gasteiger partial charge in [0, 0.05) is 63.8 Å². The fraction of sp³-hybridized carbons (Fsp3) is 0.550. The lowest BCUT2D eigenvalue weighted by Gasteiger charge is -2.33. The van der Waals surface area contributed by atoms with Crippen LogP contribution in [0, 0.1) is 13.8 Å². The third-order valence-corrected chi connectivity index (χ3v) is 6.16. The van der Waals surface area contributed by atoms with Gasteiger partial charge in [0.15, 0.2) is 5.96 Å². The predicted molar refractivity (Wildman–Crippen MR) is 117 cm³/mol. The number of rotatable bonds is 6. The third kappa shape index (κ3) is 5.65. The lowest BCUT2D eigenvalue weighted by Crippen LogP contribution is -2.44. The van der Waals surface area contributed by atoms with Crippen LogP contribution >= 0.6 is 11.3 Å². The van der Waals surface area contributed by atoms with Crippen molar-refractivity contribution in [2.75, 3.05) is 51.7 Å². The van der Waals surface area contributed by atoms with Crippen molar-refractivity contribution in [2.45, 2.75) is 26.8 Å². The van der Waals surface area contributed by atoms with Crippen LogP contribution in [0.1, 0.15) is 21.1 Å². The number of hydrogen-bond acceptors (Lipinski definition) is 6. The second kappa shape index (κ2) is 9.84. The van der Waals surface area contributed by atoms with Gasteiger partial charge in [0.25, 0.3) is 0 Å². The Morgan fingerprint density at radius 3 is 2.68 bits per heavy atom. The molecular formula is C20H31N7S. The van der Waals surface area contributed by atoms with Crippen molar-refractivity contribution < 1.29 is 0 Å². The molecule has 152 valence electrons. The number of aliphatic imine (C=N–C) groups is 1. The van der Waals surface area contributed by atoms with Gasteiger partial charge >= 0.3 is 0 Å². The second-order valence-corrected chi connectivity index (χ2v) is 8.45. The predicted octanol–water partition coefficient (Wildman–Crippen LogP) is 1.81. The van der Waals surface area contributed by atoms with E-state index in [2.05, 4.69) is 68.4 Å². The first kappa shape index (κ1) is 20.5. The van der Waals surface area contributed by atoms with E-state index in [0.29, 0.717) is 0 Å². The van der Waals surface area contributed by atoms with E-state index >= 15 is 0 Å². The Balaban J connectivity index is 1.47. The number of aromatic nitrogens is 2. The molecule has 3 heterocycles. The highest BCUT2D eigenvalue weighted by Gasteiger charge is 2.15. The minimum absolute atomic E-state index is 0.721. The molecule has 2 aromatic rings. The van der Waals surface area contributed by atoms with Gasteiger partial charge in [-0.3, -0.25) is 4.99 Å². The first-order chi connectivity index (χ1) is 13.5. The normalized spacial score (nSPS) is 15.7. The van der Waals surface area contributed by atoms with Crippen molar-refractivity contribution in [1.82, 2.24) is 25.5 Å². The number of hydrogen-bond donors (Lipinski definition) is 2. The van der Waals surface area contributed by atoms with Crippen molar-refractivity contribution in [3.05, 3.63) is 39.5 Å². The number of piperazine rings is 1. The molecule has 1 saturated heterocycles. The molecule has 0 aromatic carbocycles. The van der Waals surface area contributed by atoms with E-state index in [4.69, 9.17) is 0 Å². The van der Waals surface area contributed by atoms with E-state index in [-0.39, 0.29) is 0 Å². The van der Waals surface area contributed by atoms with Gasteiger partial charge in [0.2, 0.25) is 0 Å². The zero-order valence-corrected chi connectivity index (χ0v) is 18.1. The molecule has 0 radical (unpaired) electrons. The van der Waals surface area contributed by atoms with Gasteiger partial charge in [0.05, 0.1) is 10.7 Å². The Morgan fingerprint density at radius 1 is 1.21 bits per heavy atom. The molecule has 0 aliphatic carbocycles. The Hall–Kier alpha value is -2.19. The minimum Gasteiger partial charge on any atom is -0.356 e. The fourth-order valence-electron chi connectivity index (χ4n) is 3.12. The van der Waals surface area contributed by atoms with Crippen LogP contribution in [0.3, 0.4) is 0 Å². The minimum atomic E-state index is 0.721. The standard InChI is InChI=1S/C20H31N7S/c1-15-16(2)28-19(25-15)6-8-23-20(21-3)24-14-17-5-7-22-18(13-17)27-11-9-26(4)10-12-27/h5,7,13H,6,8-12,14H2,1-4H3,(H2,21,23,24). The Kier molecular flexibility index (Phi) is 7.22. The van der Waals surface area contributed by atoms with E-state index in [0.717, 1.165) is 63.2 Å². The topological polar surface area (TPSA) is 68.7 Å². The van der Waals surface area contributed by atoms with Crippen LogP contribution in [0.4, 0.5) is 5.82 Å². The van der Waals surface area contributed by atoms with Crippen LogP contribution in [0.15, 0.2) is 23.3 Å². The van der Waals surface area contributed by atoms with Crippen molar-refractivity contribution >= 4 is 23.1 Å². The summed E-state index contributed by atoms with van der Waals surface area (Å²) in [5.74, 6) is 1.87. The molecule has 0 saturated carbocycles. The third-order valence-electron chi connectivity index (χ3n) is 5.02. The van der Waals surface area contributed by atoms with Crippen LogP contribution in [0.5, 0.6) is 0 Å². The summed E-state index contributed by atoms with van der Waals surface area (Å²) < 4.78 is 0. The number of nitrogens with one attached hydrogen (secondary N) is 2. The highest BCUT2D eigenvalue weighted by atomic mass is 32.1. The average molecular weight is 402 g/mol. The monoisotopic (exact) mass is 401 g/mol. The summed E-state index contributed by atoms with van der Waals surface area (Å²) in [6.07, 6.45) is 2.80. The quantitative estimate of drug-likeness (QED) is 0.568. The van der Waals surface area contributed by atoms with Crippen LogP contribution in [0.2, 0.25) is 0 Å². The van der Waals surface area contributed by atoms with Crippen LogP contribution in [-0.2, 0) is 13.0 Å². The van der Waals surface area contributed by atoms with E-state index in [9.17, 15) is 0 Å². The summed E-state index contributed by atoms with van der Waals surface area (Å²) >= 11 is 1.77. The number of pyridine rings is 1. The highest BCUT2D eigenvalue weighted by Crippen LogP contribution is 2.16. The van der Waals surface area contributed by atoms with Crippen LogP contribution in [-0.4, -0.2) is 67.6 Å². The first-order valence-corrected chi connectivity index (χ1v) is 10.6. The maximum Gasteiger partial charge on any atom is 0.191 e. The lowest BCUT2D eigenvalue weighted by atomic mass is 10.2. The van der Waals surface area contributed by atoms with Gasteiger partial charge in [-0.2, -0.15) is 0 Å². The van der Waals surface area contributed by atoms with E-state index in [1.165, 1.54) is 15.4 Å². The summed E-state index contributed by atoms with van der Waals surface area (Å²) in [6.45, 7) is 9.94. The largest absolute Gasteiger partial charge is 0.356 e. The van der Waals surface area contributed by atoms with Crippen molar-refractivity contribution in [2.24, 2.45) is 4.99 Å². The molecule has 0 bridgehead atoms. The molecule has 7 nitrogen and oxygen atoms in total. The molecule has 2 N–H and O–H groups in total. The smallest absolute Gasteiger partial charge is 0.191 e. The molecule has 1 aliphatic rings. The zero-order chi connectivity index (χ0) is 19.9. The van der Waals surface area contributed by atoms with Gasteiger partial charge < -0.3 is 20.4 Å². The molecule has 3 rings (SSSR count). The molecule has 2 aromatic heterocycles. The number of thiazole rings is 1. The summed E-state index contributed by atoms with van der Waals surface area (Å²) in [7, 11) is 3.97. The molecule has 1 fully saturated rings. The van der Waals surface area contributed by atoms with Gasteiger partial charge in [-0.1, -0.05) is 0 Å². The number of guanidine groups is 1. The van der Waals surface area contributed by atoms with Crippen molar-refractivity contribution in [1.29, 1.82) is 0 Å². The van der Waals surface area contributed by atoms with Gasteiger partial charge in [-0.05, 0) is 38.6 Å². The number of likely N-dealkylation sites (N-methyl/N-ethyl adjacent to an activating group) is 1. The number of nitrogens with zero attached hydrogens (tertiary/aromatic N) is 5. The molecule has 0 unspecified atom stereocenters. The van der Waals surface area contributed by atoms with Gasteiger partial charge in [0.1, 0.15) is 5.82 Å². The SMILES string of the molecule is CN=C(NCCc1nc(C)c(C)s1)NCc1ccnc(N2CCN(C)CC2)c1. The maximum absolute atomic E-state index is 4.59. The first-order valence-electron chi connectivity index (χ1n) is 9.81. The molecular weight excluding hydrogens is 370 g/mol. The van der Waals surface area contributed by atoms with E-state index < -0.39 is 0 Å². The molecule has 28 heavy (non-hydrogen) atoms. The maximum atomic E-state index is 4.59.